The lowest BCUT2D eigenvalue weighted by Crippen LogP contribution is -2.27. The quantitative estimate of drug-likeness (QED) is 0.422. The molecule has 168 valence electrons. The molecule has 1 aliphatic heterocycles. The molecule has 1 N–H and O–H groups in total. The van der Waals surface area contributed by atoms with Crippen LogP contribution in [0, 0.1) is 10.1 Å². The molecule has 0 aliphatic carbocycles. The van der Waals surface area contributed by atoms with Gasteiger partial charge in [-0.2, -0.15) is 0 Å². The highest BCUT2D eigenvalue weighted by Gasteiger charge is 2.34. The van der Waals surface area contributed by atoms with E-state index in [1.807, 2.05) is 61.5 Å². The summed E-state index contributed by atoms with van der Waals surface area (Å²) >= 11 is 1.53. The van der Waals surface area contributed by atoms with Crippen molar-refractivity contribution in [3.63, 3.8) is 0 Å². The zero-order valence-electron chi connectivity index (χ0n) is 18.1. The van der Waals surface area contributed by atoms with Gasteiger partial charge in [-0.1, -0.05) is 12.1 Å². The summed E-state index contributed by atoms with van der Waals surface area (Å²) in [7, 11) is 3.93. The molecule has 1 heterocycles. The van der Waals surface area contributed by atoms with Gasteiger partial charge in [-0.15, -0.1) is 11.8 Å². The maximum atomic E-state index is 12.7. The Morgan fingerprint density at radius 1 is 1.09 bits per heavy atom. The largest absolute Gasteiger partial charge is 0.378 e. The summed E-state index contributed by atoms with van der Waals surface area (Å²) in [6.07, 6.45) is 0. The van der Waals surface area contributed by atoms with E-state index >= 15 is 0 Å². The van der Waals surface area contributed by atoms with Crippen molar-refractivity contribution in [1.29, 1.82) is 0 Å². The van der Waals surface area contributed by atoms with Crippen molar-refractivity contribution in [2.75, 3.05) is 35.0 Å². The number of thioether (sulfide) groups is 1. The predicted octanol–water partition coefficient (Wildman–Crippen LogP) is 4.69. The Morgan fingerprint density at radius 3 is 2.42 bits per heavy atom. The molecule has 8 nitrogen and oxygen atoms in total. The van der Waals surface area contributed by atoms with E-state index in [2.05, 4.69) is 5.32 Å². The number of rotatable bonds is 6. The molecule has 9 heteroatoms. The van der Waals surface area contributed by atoms with Crippen LogP contribution in [0.15, 0.2) is 72.8 Å². The molecule has 33 heavy (non-hydrogen) atoms. The zero-order valence-corrected chi connectivity index (χ0v) is 18.9. The summed E-state index contributed by atoms with van der Waals surface area (Å²) in [4.78, 5) is 39.4. The number of nitro benzene ring substituents is 1. The minimum Gasteiger partial charge on any atom is -0.378 e. The first kappa shape index (κ1) is 22.3. The van der Waals surface area contributed by atoms with E-state index in [9.17, 15) is 19.7 Å². The molecule has 0 aromatic heterocycles. The van der Waals surface area contributed by atoms with Crippen molar-refractivity contribution < 1.29 is 14.5 Å². The normalized spacial score (nSPS) is 15.4. The third-order valence-electron chi connectivity index (χ3n) is 5.28. The van der Waals surface area contributed by atoms with Gasteiger partial charge in [0, 0.05) is 48.9 Å². The van der Waals surface area contributed by atoms with Gasteiger partial charge in [0.15, 0.2) is 0 Å². The summed E-state index contributed by atoms with van der Waals surface area (Å²) < 4.78 is 0. The first-order valence-corrected chi connectivity index (χ1v) is 11.2. The van der Waals surface area contributed by atoms with Gasteiger partial charge in [0.05, 0.1) is 10.7 Å². The number of nitrogens with zero attached hydrogens (tertiary/aromatic N) is 3. The lowest BCUT2D eigenvalue weighted by atomic mass is 10.1. The fourth-order valence-electron chi connectivity index (χ4n) is 3.57. The third kappa shape index (κ3) is 4.83. The fourth-order valence-corrected chi connectivity index (χ4v) is 4.74. The topological polar surface area (TPSA) is 95.8 Å². The van der Waals surface area contributed by atoms with E-state index in [-0.39, 0.29) is 22.9 Å². The fraction of sp³-hybridized carbons (Fsp3) is 0.167. The van der Waals surface area contributed by atoms with Gasteiger partial charge in [0.1, 0.15) is 5.37 Å². The van der Waals surface area contributed by atoms with Gasteiger partial charge >= 0.3 is 0 Å². The Balaban J connectivity index is 1.54. The Kier molecular flexibility index (Phi) is 6.32. The molecule has 0 saturated carbocycles. The monoisotopic (exact) mass is 462 g/mol. The summed E-state index contributed by atoms with van der Waals surface area (Å²) in [5, 5.41) is 13.4. The molecule has 1 aliphatic rings. The Labute approximate surface area is 195 Å². The number of hydrogen-bond donors (Lipinski definition) is 1. The van der Waals surface area contributed by atoms with E-state index in [1.165, 1.54) is 36.0 Å². The number of nitro groups is 1. The molecule has 3 aromatic carbocycles. The summed E-state index contributed by atoms with van der Waals surface area (Å²) in [6, 6.07) is 20.6. The average Bonchev–Trinajstić information content (AvgIpc) is 3.20. The molecule has 3 aromatic rings. The number of anilines is 3. The first-order valence-electron chi connectivity index (χ1n) is 10.2. The van der Waals surface area contributed by atoms with Crippen LogP contribution >= 0.6 is 11.8 Å². The summed E-state index contributed by atoms with van der Waals surface area (Å²) in [5.74, 6) is 0.0377. The second-order valence-corrected chi connectivity index (χ2v) is 8.79. The van der Waals surface area contributed by atoms with Gasteiger partial charge in [-0.25, -0.2) is 0 Å². The smallest absolute Gasteiger partial charge is 0.269 e. The van der Waals surface area contributed by atoms with Crippen LogP contribution < -0.4 is 15.1 Å². The lowest BCUT2D eigenvalue weighted by molar-refractivity contribution is -0.384. The Morgan fingerprint density at radius 2 is 1.79 bits per heavy atom. The van der Waals surface area contributed by atoms with E-state index in [0.717, 1.165) is 16.9 Å². The maximum absolute atomic E-state index is 12.7. The summed E-state index contributed by atoms with van der Waals surface area (Å²) in [6.45, 7) is 0. The van der Waals surface area contributed by atoms with Crippen LogP contribution in [-0.2, 0) is 4.79 Å². The average molecular weight is 463 g/mol. The molecule has 4 rings (SSSR count). The van der Waals surface area contributed by atoms with E-state index < -0.39 is 4.92 Å². The number of hydrogen-bond acceptors (Lipinski definition) is 6. The van der Waals surface area contributed by atoms with E-state index in [1.54, 1.807) is 11.0 Å². The van der Waals surface area contributed by atoms with Crippen molar-refractivity contribution in [2.45, 2.75) is 5.37 Å². The summed E-state index contributed by atoms with van der Waals surface area (Å²) in [5.41, 5.74) is 3.59. The van der Waals surface area contributed by atoms with Crippen LogP contribution in [0.4, 0.5) is 22.7 Å². The van der Waals surface area contributed by atoms with Crippen molar-refractivity contribution in [3.05, 3.63) is 94.0 Å². The second kappa shape index (κ2) is 9.33. The van der Waals surface area contributed by atoms with Gasteiger partial charge < -0.3 is 10.2 Å². The van der Waals surface area contributed by atoms with Gasteiger partial charge in [0.25, 0.3) is 11.6 Å². The number of amides is 2. The molecule has 0 spiro atoms. The van der Waals surface area contributed by atoms with E-state index in [0.29, 0.717) is 17.0 Å². The van der Waals surface area contributed by atoms with Crippen LogP contribution in [0.1, 0.15) is 21.3 Å². The van der Waals surface area contributed by atoms with Crippen molar-refractivity contribution >= 4 is 46.3 Å². The molecule has 0 bridgehead atoms. The Hall–Kier alpha value is -3.85. The molecule has 0 radical (unpaired) electrons. The SMILES string of the molecule is CN(C)c1ccc(N2C(=O)CSC2c2cccc(NC(=O)c3ccc([N+](=O)[O-])cc3)c2)cc1. The van der Waals surface area contributed by atoms with Crippen molar-refractivity contribution in [3.8, 4) is 0 Å². The van der Waals surface area contributed by atoms with E-state index in [4.69, 9.17) is 0 Å². The molecule has 1 atom stereocenters. The lowest BCUT2D eigenvalue weighted by Gasteiger charge is -2.25. The predicted molar refractivity (Wildman–Crippen MR) is 131 cm³/mol. The van der Waals surface area contributed by atoms with Crippen LogP contribution in [0.25, 0.3) is 0 Å². The molecule has 1 fully saturated rings. The van der Waals surface area contributed by atoms with Crippen LogP contribution in [-0.4, -0.2) is 36.6 Å². The third-order valence-corrected chi connectivity index (χ3v) is 6.49. The minimum absolute atomic E-state index is 0.0305. The first-order chi connectivity index (χ1) is 15.8. The molecular weight excluding hydrogens is 440 g/mol. The highest BCUT2D eigenvalue weighted by Crippen LogP contribution is 2.42. The number of nitrogens with one attached hydrogen (secondary N) is 1. The van der Waals surface area contributed by atoms with Crippen molar-refractivity contribution in [1.82, 2.24) is 0 Å². The highest BCUT2D eigenvalue weighted by atomic mass is 32.2. The van der Waals surface area contributed by atoms with Gasteiger partial charge in [-0.05, 0) is 54.1 Å². The number of carbonyl (C=O) groups is 2. The molecular formula is C24H22N4O4S. The van der Waals surface area contributed by atoms with Gasteiger partial charge in [-0.3, -0.25) is 24.6 Å². The molecule has 2 amide bonds. The zero-order chi connectivity index (χ0) is 23.5. The number of carbonyl (C=O) groups excluding carboxylic acids is 2. The van der Waals surface area contributed by atoms with Crippen LogP contribution in [0.5, 0.6) is 0 Å². The van der Waals surface area contributed by atoms with Gasteiger partial charge in [0.2, 0.25) is 5.91 Å². The molecule has 1 unspecified atom stereocenters. The number of benzene rings is 3. The van der Waals surface area contributed by atoms with Crippen molar-refractivity contribution in [2.24, 2.45) is 0 Å². The molecule has 1 saturated heterocycles. The standard InChI is InChI=1S/C24H22N4O4S/c1-26(2)19-10-12-20(13-11-19)27-22(29)15-33-24(27)17-4-3-5-18(14-17)25-23(30)16-6-8-21(9-7-16)28(31)32/h3-14,24H,15H2,1-2H3,(H,25,30). The second-order valence-electron chi connectivity index (χ2n) is 7.72. The van der Waals surface area contributed by atoms with Crippen LogP contribution in [0.2, 0.25) is 0 Å². The Bertz CT molecular complexity index is 1200. The maximum Gasteiger partial charge on any atom is 0.269 e. The highest BCUT2D eigenvalue weighted by molar-refractivity contribution is 8.00. The minimum atomic E-state index is -0.508. The number of non-ortho nitro benzene ring substituents is 1. The van der Waals surface area contributed by atoms with Crippen LogP contribution in [0.3, 0.4) is 0 Å².